The molecule has 0 aliphatic carbocycles. The summed E-state index contributed by atoms with van der Waals surface area (Å²) >= 11 is 5.28. The molecule has 33 heavy (non-hydrogen) atoms. The van der Waals surface area contributed by atoms with E-state index >= 15 is 0 Å². The Morgan fingerprint density at radius 2 is 1.88 bits per heavy atom. The molecule has 8 heteroatoms. The zero-order valence-corrected chi connectivity index (χ0v) is 19.1. The van der Waals surface area contributed by atoms with Crippen LogP contribution in [-0.2, 0) is 17.9 Å². The van der Waals surface area contributed by atoms with Gasteiger partial charge in [0.15, 0.2) is 4.77 Å². The van der Waals surface area contributed by atoms with E-state index in [-0.39, 0.29) is 23.3 Å². The van der Waals surface area contributed by atoms with Gasteiger partial charge in [-0.1, -0.05) is 36.4 Å². The number of piperidine rings is 1. The standard InChI is InChI=1S/C25H26N4O3S/c1-2-12-29-24(32)20-9-8-19(15-21(20)27-25(29)33)23(31)28-13-10-18(11-14-28)22(30)26-16-17-6-4-3-5-7-17/h2-9,15,18H,1,10-14,16H2,(H,26,30)(H,27,33). The van der Waals surface area contributed by atoms with Crippen LogP contribution >= 0.6 is 12.2 Å². The van der Waals surface area contributed by atoms with Crippen LogP contribution in [0.1, 0.15) is 28.8 Å². The van der Waals surface area contributed by atoms with Crippen molar-refractivity contribution in [1.82, 2.24) is 19.8 Å². The molecule has 2 N–H and O–H groups in total. The number of aromatic nitrogens is 2. The molecule has 2 heterocycles. The number of carbonyl (C=O) groups excluding carboxylic acids is 2. The van der Waals surface area contributed by atoms with Crippen LogP contribution in [0.5, 0.6) is 0 Å². The van der Waals surface area contributed by atoms with Crippen molar-refractivity contribution in [2.75, 3.05) is 13.1 Å². The molecule has 2 amide bonds. The second-order valence-corrected chi connectivity index (χ2v) is 8.55. The molecule has 3 aromatic rings. The summed E-state index contributed by atoms with van der Waals surface area (Å²) in [5, 5.41) is 3.46. The average Bonchev–Trinajstić information content (AvgIpc) is 2.85. The highest BCUT2D eigenvalue weighted by Crippen LogP contribution is 2.21. The minimum atomic E-state index is -0.213. The van der Waals surface area contributed by atoms with Crippen LogP contribution in [0.15, 0.2) is 66.0 Å². The van der Waals surface area contributed by atoms with Gasteiger partial charge in [-0.2, -0.15) is 0 Å². The van der Waals surface area contributed by atoms with Gasteiger partial charge in [-0.3, -0.25) is 19.0 Å². The van der Waals surface area contributed by atoms with Gasteiger partial charge >= 0.3 is 0 Å². The molecule has 0 spiro atoms. The number of carbonyl (C=O) groups is 2. The van der Waals surface area contributed by atoms with Gasteiger partial charge in [-0.25, -0.2) is 0 Å². The molecule has 4 rings (SSSR count). The number of hydrogen-bond acceptors (Lipinski definition) is 4. The number of rotatable bonds is 6. The van der Waals surface area contributed by atoms with Crippen molar-refractivity contribution in [1.29, 1.82) is 0 Å². The molecule has 0 saturated carbocycles. The van der Waals surface area contributed by atoms with E-state index in [1.54, 1.807) is 29.2 Å². The van der Waals surface area contributed by atoms with Gasteiger partial charge in [-0.05, 0) is 48.8 Å². The normalized spacial score (nSPS) is 14.2. The fourth-order valence-electron chi connectivity index (χ4n) is 4.14. The maximum absolute atomic E-state index is 13.1. The van der Waals surface area contributed by atoms with Crippen molar-refractivity contribution in [3.05, 3.63) is 87.4 Å². The highest BCUT2D eigenvalue weighted by molar-refractivity contribution is 7.71. The van der Waals surface area contributed by atoms with Crippen LogP contribution in [0.2, 0.25) is 0 Å². The summed E-state index contributed by atoms with van der Waals surface area (Å²) < 4.78 is 1.72. The first-order valence-electron chi connectivity index (χ1n) is 11.0. The lowest BCUT2D eigenvalue weighted by Crippen LogP contribution is -2.43. The molecule has 1 aliphatic heterocycles. The third-order valence-corrected chi connectivity index (χ3v) is 6.33. The minimum Gasteiger partial charge on any atom is -0.352 e. The van der Waals surface area contributed by atoms with E-state index in [0.717, 1.165) is 5.56 Å². The number of aromatic amines is 1. The first kappa shape index (κ1) is 22.7. The number of H-pyrrole nitrogens is 1. The Hall–Kier alpha value is -3.52. The molecule has 0 bridgehead atoms. The van der Waals surface area contributed by atoms with Gasteiger partial charge in [-0.15, -0.1) is 6.58 Å². The second kappa shape index (κ2) is 9.95. The van der Waals surface area contributed by atoms with Crippen molar-refractivity contribution in [3.8, 4) is 0 Å². The van der Waals surface area contributed by atoms with Crippen LogP contribution in [0.3, 0.4) is 0 Å². The van der Waals surface area contributed by atoms with Gasteiger partial charge in [0.25, 0.3) is 11.5 Å². The largest absolute Gasteiger partial charge is 0.352 e. The summed E-state index contributed by atoms with van der Waals surface area (Å²) in [6, 6.07) is 14.8. The third-order valence-electron chi connectivity index (χ3n) is 6.00. The highest BCUT2D eigenvalue weighted by atomic mass is 32.1. The van der Waals surface area contributed by atoms with Gasteiger partial charge < -0.3 is 15.2 Å². The lowest BCUT2D eigenvalue weighted by atomic mass is 9.95. The summed E-state index contributed by atoms with van der Waals surface area (Å²) in [5.41, 5.74) is 1.87. The first-order valence-corrected chi connectivity index (χ1v) is 11.4. The summed E-state index contributed by atoms with van der Waals surface area (Å²) in [4.78, 5) is 43.1. The number of fused-ring (bicyclic) bond motifs is 1. The molecule has 1 fully saturated rings. The monoisotopic (exact) mass is 462 g/mol. The Morgan fingerprint density at radius 1 is 1.15 bits per heavy atom. The summed E-state index contributed by atoms with van der Waals surface area (Å²) in [7, 11) is 0. The lowest BCUT2D eigenvalue weighted by Gasteiger charge is -2.31. The molecular formula is C25H26N4O3S. The molecule has 0 unspecified atom stereocenters. The maximum Gasteiger partial charge on any atom is 0.262 e. The molecular weight excluding hydrogens is 436 g/mol. The fraction of sp³-hybridized carbons (Fsp3) is 0.280. The number of nitrogens with zero attached hydrogens (tertiary/aromatic N) is 2. The Morgan fingerprint density at radius 3 is 2.58 bits per heavy atom. The van der Waals surface area contributed by atoms with Crippen LogP contribution in [0, 0.1) is 10.7 Å². The smallest absolute Gasteiger partial charge is 0.262 e. The molecule has 1 aliphatic rings. The van der Waals surface area contributed by atoms with E-state index in [9.17, 15) is 14.4 Å². The zero-order valence-electron chi connectivity index (χ0n) is 18.3. The van der Waals surface area contributed by atoms with Gasteiger partial charge in [0.1, 0.15) is 0 Å². The highest BCUT2D eigenvalue weighted by Gasteiger charge is 2.28. The zero-order chi connectivity index (χ0) is 23.4. The van der Waals surface area contributed by atoms with Gasteiger partial charge in [0.2, 0.25) is 5.91 Å². The van der Waals surface area contributed by atoms with Crippen LogP contribution in [0.4, 0.5) is 0 Å². The van der Waals surface area contributed by atoms with Crippen LogP contribution in [-0.4, -0.2) is 39.4 Å². The number of allylic oxidation sites excluding steroid dienone is 1. The van der Waals surface area contributed by atoms with Crippen molar-refractivity contribution < 1.29 is 9.59 Å². The van der Waals surface area contributed by atoms with E-state index in [2.05, 4.69) is 16.9 Å². The van der Waals surface area contributed by atoms with E-state index < -0.39 is 0 Å². The molecule has 0 atom stereocenters. The Balaban J connectivity index is 1.40. The number of benzene rings is 2. The molecule has 7 nitrogen and oxygen atoms in total. The third kappa shape index (κ3) is 4.96. The van der Waals surface area contributed by atoms with Gasteiger partial charge in [0.05, 0.1) is 10.9 Å². The quantitative estimate of drug-likeness (QED) is 0.434. The van der Waals surface area contributed by atoms with E-state index in [1.165, 1.54) is 4.57 Å². The Bertz CT molecular complexity index is 1300. The van der Waals surface area contributed by atoms with Crippen LogP contribution in [0.25, 0.3) is 10.9 Å². The van der Waals surface area contributed by atoms with Gasteiger partial charge in [0, 0.05) is 37.7 Å². The number of likely N-dealkylation sites (tertiary alicyclic amines) is 1. The topological polar surface area (TPSA) is 87.2 Å². The fourth-order valence-corrected chi connectivity index (χ4v) is 4.41. The Labute approximate surface area is 196 Å². The second-order valence-electron chi connectivity index (χ2n) is 8.16. The lowest BCUT2D eigenvalue weighted by molar-refractivity contribution is -0.126. The molecule has 170 valence electrons. The van der Waals surface area contributed by atoms with Crippen molar-refractivity contribution in [2.24, 2.45) is 5.92 Å². The van der Waals surface area contributed by atoms with E-state index in [0.29, 0.717) is 60.3 Å². The average molecular weight is 463 g/mol. The number of amides is 2. The maximum atomic E-state index is 13.1. The van der Waals surface area contributed by atoms with Crippen molar-refractivity contribution in [2.45, 2.75) is 25.9 Å². The predicted octanol–water partition coefficient (Wildman–Crippen LogP) is 3.41. The Kier molecular flexibility index (Phi) is 6.84. The predicted molar refractivity (Wildman–Crippen MR) is 131 cm³/mol. The minimum absolute atomic E-state index is 0.0278. The summed E-state index contributed by atoms with van der Waals surface area (Å²) in [6.45, 7) is 5.50. The first-order chi connectivity index (χ1) is 16.0. The van der Waals surface area contributed by atoms with E-state index in [1.807, 2.05) is 30.3 Å². The molecule has 2 aromatic carbocycles. The SMILES string of the molecule is C=CCn1c(=S)[nH]c2cc(C(=O)N3CCC(C(=O)NCc4ccccc4)CC3)ccc2c1=O. The molecule has 1 aromatic heterocycles. The van der Waals surface area contributed by atoms with Crippen molar-refractivity contribution >= 4 is 34.9 Å². The van der Waals surface area contributed by atoms with Crippen LogP contribution < -0.4 is 10.9 Å². The number of hydrogen-bond donors (Lipinski definition) is 2. The number of nitrogens with one attached hydrogen (secondary N) is 2. The summed E-state index contributed by atoms with van der Waals surface area (Å²) in [5.74, 6) is -0.191. The summed E-state index contributed by atoms with van der Waals surface area (Å²) in [6.07, 6.45) is 2.85. The van der Waals surface area contributed by atoms with E-state index in [4.69, 9.17) is 12.2 Å². The van der Waals surface area contributed by atoms with Crippen molar-refractivity contribution in [3.63, 3.8) is 0 Å². The molecule has 0 radical (unpaired) electrons. The molecule has 1 saturated heterocycles.